The Bertz CT molecular complexity index is 908. The van der Waals surface area contributed by atoms with Crippen LogP contribution in [-0.2, 0) is 11.3 Å². The van der Waals surface area contributed by atoms with Gasteiger partial charge < -0.3 is 16.6 Å². The summed E-state index contributed by atoms with van der Waals surface area (Å²) in [5.41, 5.74) is 15.2. The zero-order valence-corrected chi connectivity index (χ0v) is 14.9. The molecule has 144 valence electrons. The van der Waals surface area contributed by atoms with Crippen molar-refractivity contribution in [3.8, 4) is 0 Å². The van der Waals surface area contributed by atoms with E-state index in [4.69, 9.17) is 35.2 Å². The smallest absolute Gasteiger partial charge is 0.303 e. The molecule has 0 radical (unpaired) electrons. The van der Waals surface area contributed by atoms with E-state index in [0.717, 1.165) is 21.8 Å². The van der Waals surface area contributed by atoms with Crippen LogP contribution >= 0.6 is 0 Å². The van der Waals surface area contributed by atoms with Crippen LogP contribution in [0.25, 0.3) is 21.8 Å². The lowest BCUT2D eigenvalue weighted by Crippen LogP contribution is -2.68. The second kappa shape index (κ2) is 8.33. The molecule has 0 saturated heterocycles. The Morgan fingerprint density at radius 2 is 1.37 bits per heavy atom. The highest BCUT2D eigenvalue weighted by molar-refractivity contribution is 5.91. The number of aryl methyl sites for hydroxylation is 1. The molecule has 10 heteroatoms. The van der Waals surface area contributed by atoms with Crippen molar-refractivity contribution in [2.45, 2.75) is 19.4 Å². The van der Waals surface area contributed by atoms with Crippen molar-refractivity contribution in [2.75, 3.05) is 11.5 Å². The van der Waals surface area contributed by atoms with Crippen LogP contribution in [0.2, 0.25) is 0 Å². The van der Waals surface area contributed by atoms with Crippen LogP contribution in [0.3, 0.4) is 0 Å². The van der Waals surface area contributed by atoms with Gasteiger partial charge in [0.25, 0.3) is 0 Å². The summed E-state index contributed by atoms with van der Waals surface area (Å²) in [4.78, 5) is 10.8. The lowest BCUT2D eigenvalue weighted by Gasteiger charge is -2.17. The number of aromatic nitrogens is 1. The van der Waals surface area contributed by atoms with Gasteiger partial charge in [0.15, 0.2) is 0 Å². The van der Waals surface area contributed by atoms with Crippen LogP contribution in [0.4, 0.5) is 11.4 Å². The fraction of sp³-hybridized carbons (Fsp3) is 0.176. The van der Waals surface area contributed by atoms with Gasteiger partial charge in [-0.2, -0.15) is 4.57 Å². The summed E-state index contributed by atoms with van der Waals surface area (Å²) in [6, 6.07) is 13.6. The normalized spacial score (nSPS) is 11.3. The Labute approximate surface area is 156 Å². The van der Waals surface area contributed by atoms with Gasteiger partial charge >= 0.3 is 5.97 Å². The van der Waals surface area contributed by atoms with Gasteiger partial charge in [-0.25, -0.2) is 18.6 Å². The Morgan fingerprint density at radius 1 is 0.926 bits per heavy atom. The lowest BCUT2D eigenvalue weighted by atomic mass is 10.1. The molecule has 3 aromatic rings. The molecule has 1 aromatic heterocycles. The predicted molar refractivity (Wildman–Crippen MR) is 87.3 cm³/mol. The van der Waals surface area contributed by atoms with E-state index in [9.17, 15) is 4.79 Å². The number of hydrogen-bond donors (Lipinski definition) is 3. The van der Waals surface area contributed by atoms with Gasteiger partial charge in [0, 0.05) is 40.7 Å². The summed E-state index contributed by atoms with van der Waals surface area (Å²) < 4.78 is 36.1. The number of nitrogens with zero attached hydrogens (tertiary/aromatic N) is 1. The molecule has 0 bridgehead atoms. The zero-order valence-electron chi connectivity index (χ0n) is 14.1. The number of carboxylic acids is 1. The Kier molecular flexibility index (Phi) is 6.37. The summed E-state index contributed by atoms with van der Waals surface area (Å²) in [7, 11) is -4.94. The van der Waals surface area contributed by atoms with Crippen molar-refractivity contribution in [3.05, 3.63) is 42.5 Å². The Morgan fingerprint density at radius 3 is 1.78 bits per heavy atom. The van der Waals surface area contributed by atoms with Gasteiger partial charge in [-0.3, -0.25) is 4.79 Å². The average molecular weight is 396 g/mol. The van der Waals surface area contributed by atoms with E-state index in [2.05, 4.69) is 10.6 Å². The number of anilines is 2. The van der Waals surface area contributed by atoms with Crippen molar-refractivity contribution >= 4 is 39.1 Å². The first-order chi connectivity index (χ1) is 12.5. The number of carbonyl (C=O) groups is 1. The first-order valence-electron chi connectivity index (χ1n) is 7.79. The fourth-order valence-electron chi connectivity index (χ4n) is 2.76. The van der Waals surface area contributed by atoms with Crippen LogP contribution in [0, 0.1) is 10.2 Å². The molecule has 5 N–H and O–H groups in total. The predicted octanol–water partition coefficient (Wildman–Crippen LogP) is -2.45. The van der Waals surface area contributed by atoms with Crippen LogP contribution < -0.4 is 34.7 Å². The molecule has 0 spiro atoms. The van der Waals surface area contributed by atoms with Crippen LogP contribution in [0.5, 0.6) is 0 Å². The number of aliphatic carboxylic acids is 1. The molecule has 0 atom stereocenters. The fourth-order valence-corrected chi connectivity index (χ4v) is 2.76. The van der Waals surface area contributed by atoms with Crippen LogP contribution in [-0.4, -0.2) is 11.1 Å². The average Bonchev–Trinajstić information content (AvgIpc) is 2.53. The van der Waals surface area contributed by atoms with E-state index >= 15 is 0 Å². The maximum Gasteiger partial charge on any atom is 0.303 e. The monoisotopic (exact) mass is 395 g/mol. The largest absolute Gasteiger partial charge is 0.481 e. The molecule has 0 aliphatic carbocycles. The summed E-state index contributed by atoms with van der Waals surface area (Å²) in [6.07, 6.45) is 0.688. The van der Waals surface area contributed by atoms with Crippen molar-refractivity contribution < 1.29 is 43.3 Å². The quantitative estimate of drug-likeness (QED) is 0.247. The Balaban J connectivity index is 0.000000465. The highest BCUT2D eigenvalue weighted by atomic mass is 35.7. The molecule has 1 heterocycles. The van der Waals surface area contributed by atoms with Crippen LogP contribution in [0.1, 0.15) is 12.8 Å². The highest BCUT2D eigenvalue weighted by Gasteiger charge is 2.16. The van der Waals surface area contributed by atoms with Crippen molar-refractivity contribution in [2.24, 2.45) is 0 Å². The number of nitrogens with two attached hydrogens (primary N) is 2. The van der Waals surface area contributed by atoms with E-state index in [0.29, 0.717) is 24.3 Å². The van der Waals surface area contributed by atoms with Crippen molar-refractivity contribution in [1.29, 1.82) is 0 Å². The maximum atomic E-state index is 10.8. The number of nitrogen functional groups attached to an aromatic ring is 2. The molecular formula is C17H18ClN3O6. The van der Waals surface area contributed by atoms with E-state index in [-0.39, 0.29) is 6.42 Å². The first-order valence-corrected chi connectivity index (χ1v) is 9.03. The SMILES string of the molecule is Nc1ccc2cc3ccc(N)cc3[n+](CCCC(=O)O)c2c1.[O-][Cl+3]([O-])([O-])[O-]. The van der Waals surface area contributed by atoms with Gasteiger partial charge in [0.2, 0.25) is 11.0 Å². The van der Waals surface area contributed by atoms with Gasteiger partial charge in [0.05, 0.1) is 6.42 Å². The second-order valence-electron chi connectivity index (χ2n) is 5.81. The second-order valence-corrected chi connectivity index (χ2v) is 6.56. The molecule has 2 aromatic carbocycles. The number of benzene rings is 2. The zero-order chi connectivity index (χ0) is 20.2. The molecule has 3 rings (SSSR count). The van der Waals surface area contributed by atoms with Gasteiger partial charge in [-0.05, 0) is 30.3 Å². The third kappa shape index (κ3) is 6.20. The third-order valence-corrected chi connectivity index (χ3v) is 3.77. The summed E-state index contributed by atoms with van der Waals surface area (Å²) in [5, 5.41) is 11.0. The maximum absolute atomic E-state index is 10.8. The topological polar surface area (TPSA) is 185 Å². The molecular weight excluding hydrogens is 378 g/mol. The van der Waals surface area contributed by atoms with Crippen LogP contribution in [0.15, 0.2) is 42.5 Å². The molecule has 0 amide bonds. The summed E-state index contributed by atoms with van der Waals surface area (Å²) in [6.45, 7) is 0.604. The Hall–Kier alpha value is -2.69. The minimum atomic E-state index is -4.94. The van der Waals surface area contributed by atoms with E-state index in [1.54, 1.807) is 0 Å². The number of pyridine rings is 1. The number of hydrogen-bond acceptors (Lipinski definition) is 7. The number of halogens is 1. The lowest BCUT2D eigenvalue weighted by molar-refractivity contribution is -2.00. The van der Waals surface area contributed by atoms with Gasteiger partial charge in [-0.15, -0.1) is 10.2 Å². The van der Waals surface area contributed by atoms with Gasteiger partial charge in [0.1, 0.15) is 6.54 Å². The van der Waals surface area contributed by atoms with Crippen molar-refractivity contribution in [3.63, 3.8) is 0 Å². The first kappa shape index (κ1) is 20.6. The molecule has 27 heavy (non-hydrogen) atoms. The number of fused-ring (bicyclic) bond motifs is 2. The standard InChI is InChI=1S/C17H17N3O2.ClHO4/c18-13-5-3-11-8-12-4-6-14(19)10-16(12)20(15(11)9-13)7-1-2-17(21)22;2-1(3,4)5/h3-6,8-10H,1-2,7H2,(H4,18,19,21,22);(H,2,3,4,5). The molecule has 0 aliphatic rings. The minimum absolute atomic E-state index is 0.134. The number of rotatable bonds is 4. The summed E-state index contributed by atoms with van der Waals surface area (Å²) in [5.74, 6) is -0.788. The highest BCUT2D eigenvalue weighted by Crippen LogP contribution is 2.22. The third-order valence-electron chi connectivity index (χ3n) is 3.77. The molecule has 0 unspecified atom stereocenters. The molecule has 0 saturated carbocycles. The van der Waals surface area contributed by atoms with Crippen molar-refractivity contribution in [1.82, 2.24) is 0 Å². The van der Waals surface area contributed by atoms with E-state index < -0.39 is 16.2 Å². The van der Waals surface area contributed by atoms with Gasteiger partial charge in [-0.1, -0.05) is 0 Å². The van der Waals surface area contributed by atoms with E-state index in [1.807, 2.05) is 36.4 Å². The van der Waals surface area contributed by atoms with E-state index in [1.165, 1.54) is 0 Å². The minimum Gasteiger partial charge on any atom is -0.481 e. The molecule has 0 fully saturated rings. The summed E-state index contributed by atoms with van der Waals surface area (Å²) >= 11 is 0. The molecule has 0 aliphatic heterocycles. The molecule has 9 nitrogen and oxygen atoms in total. The number of carboxylic acid groups (broad SMARTS) is 1.